The number of hydrogen-bond acceptors (Lipinski definition) is 6. The monoisotopic (exact) mass is 425 g/mol. The lowest BCUT2D eigenvalue weighted by molar-refractivity contribution is 0.339. The van der Waals surface area contributed by atoms with E-state index in [1.807, 2.05) is 49.5 Å². The van der Waals surface area contributed by atoms with Gasteiger partial charge in [0.2, 0.25) is 5.88 Å². The lowest BCUT2D eigenvalue weighted by Crippen LogP contribution is -2.37. The summed E-state index contributed by atoms with van der Waals surface area (Å²) in [7, 11) is 1.76. The second-order valence-electron chi connectivity index (χ2n) is 6.48. The minimum atomic E-state index is 0.542. The van der Waals surface area contributed by atoms with Gasteiger partial charge in [0.15, 0.2) is 5.96 Å². The van der Waals surface area contributed by atoms with Crippen molar-refractivity contribution in [2.45, 2.75) is 26.8 Å². The first-order valence-corrected chi connectivity index (χ1v) is 10.7. The normalized spacial score (nSPS) is 11.2. The molecule has 3 aromatic rings. The molecule has 2 heterocycles. The van der Waals surface area contributed by atoms with Gasteiger partial charge in [-0.3, -0.25) is 4.99 Å². The van der Waals surface area contributed by atoms with Crippen LogP contribution in [0.4, 0.5) is 0 Å². The van der Waals surface area contributed by atoms with Crippen LogP contribution in [0.5, 0.6) is 17.4 Å². The van der Waals surface area contributed by atoms with Gasteiger partial charge in [-0.2, -0.15) is 0 Å². The van der Waals surface area contributed by atoms with E-state index in [0.29, 0.717) is 24.8 Å². The first-order chi connectivity index (χ1) is 14.7. The predicted octanol–water partition coefficient (Wildman–Crippen LogP) is 3.95. The number of aromatic nitrogens is 2. The maximum absolute atomic E-state index is 5.86. The minimum Gasteiger partial charge on any atom is -0.494 e. The van der Waals surface area contributed by atoms with Gasteiger partial charge in [-0.1, -0.05) is 0 Å². The number of nitrogens with one attached hydrogen (secondary N) is 2. The molecule has 0 fully saturated rings. The highest BCUT2D eigenvalue weighted by Crippen LogP contribution is 2.23. The summed E-state index contributed by atoms with van der Waals surface area (Å²) in [6.45, 7) is 6.05. The Balaban J connectivity index is 1.48. The second-order valence-corrected chi connectivity index (χ2v) is 7.80. The number of benzene rings is 1. The topological polar surface area (TPSA) is 80.7 Å². The number of thiazole rings is 1. The van der Waals surface area contributed by atoms with Crippen LogP contribution in [0.3, 0.4) is 0 Å². The lowest BCUT2D eigenvalue weighted by atomic mass is 10.2. The van der Waals surface area contributed by atoms with Crippen molar-refractivity contribution in [2.75, 3.05) is 20.2 Å². The van der Waals surface area contributed by atoms with E-state index in [9.17, 15) is 0 Å². The van der Waals surface area contributed by atoms with E-state index in [1.54, 1.807) is 24.6 Å². The van der Waals surface area contributed by atoms with E-state index in [2.05, 4.69) is 32.5 Å². The summed E-state index contributed by atoms with van der Waals surface area (Å²) >= 11 is 1.72. The molecule has 8 heteroatoms. The summed E-state index contributed by atoms with van der Waals surface area (Å²) in [6.07, 6.45) is 4.51. The van der Waals surface area contributed by atoms with Gasteiger partial charge >= 0.3 is 0 Å². The van der Waals surface area contributed by atoms with Gasteiger partial charge in [0, 0.05) is 49.9 Å². The Labute approximate surface area is 181 Å². The van der Waals surface area contributed by atoms with E-state index in [4.69, 9.17) is 9.47 Å². The van der Waals surface area contributed by atoms with E-state index >= 15 is 0 Å². The first kappa shape index (κ1) is 21.6. The number of aryl methyl sites for hydroxylation is 1. The van der Waals surface area contributed by atoms with Crippen LogP contribution >= 0.6 is 11.3 Å². The summed E-state index contributed by atoms with van der Waals surface area (Å²) in [5.41, 5.74) is 1.05. The minimum absolute atomic E-state index is 0.542. The maximum Gasteiger partial charge on any atom is 0.219 e. The number of rotatable bonds is 9. The van der Waals surface area contributed by atoms with E-state index < -0.39 is 0 Å². The average molecular weight is 426 g/mol. The van der Waals surface area contributed by atoms with Crippen molar-refractivity contribution < 1.29 is 9.47 Å². The zero-order chi connectivity index (χ0) is 21.2. The molecule has 158 valence electrons. The Morgan fingerprint density at radius 1 is 1.10 bits per heavy atom. The van der Waals surface area contributed by atoms with Gasteiger partial charge in [0.25, 0.3) is 0 Å². The fourth-order valence-electron chi connectivity index (χ4n) is 2.72. The van der Waals surface area contributed by atoms with Crippen molar-refractivity contribution in [3.05, 3.63) is 64.2 Å². The number of ether oxygens (including phenoxy) is 2. The molecule has 7 nitrogen and oxygen atoms in total. The van der Waals surface area contributed by atoms with E-state index in [1.165, 1.54) is 4.88 Å². The van der Waals surface area contributed by atoms with Crippen LogP contribution in [0.25, 0.3) is 0 Å². The zero-order valence-corrected chi connectivity index (χ0v) is 18.3. The Bertz CT molecular complexity index is 956. The fraction of sp³-hybridized carbons (Fsp3) is 0.318. The van der Waals surface area contributed by atoms with Gasteiger partial charge in [0.1, 0.15) is 11.5 Å². The molecule has 0 spiro atoms. The van der Waals surface area contributed by atoms with Crippen molar-refractivity contribution in [1.29, 1.82) is 0 Å². The Morgan fingerprint density at radius 3 is 2.60 bits per heavy atom. The van der Waals surface area contributed by atoms with Gasteiger partial charge in [-0.15, -0.1) is 11.3 Å². The number of hydrogen-bond donors (Lipinski definition) is 2. The average Bonchev–Trinajstić information content (AvgIpc) is 3.17. The predicted molar refractivity (Wildman–Crippen MR) is 121 cm³/mol. The van der Waals surface area contributed by atoms with Crippen LogP contribution in [0.15, 0.2) is 53.8 Å². The number of guanidine groups is 1. The smallest absolute Gasteiger partial charge is 0.219 e. The molecule has 2 N–H and O–H groups in total. The Kier molecular flexibility index (Phi) is 8.02. The molecule has 0 aliphatic rings. The number of pyridine rings is 1. The quantitative estimate of drug-likeness (QED) is 0.399. The Hall–Kier alpha value is -3.13. The molecule has 0 radical (unpaired) electrons. The highest BCUT2D eigenvalue weighted by Gasteiger charge is 2.04. The molecule has 0 unspecified atom stereocenters. The third-order valence-corrected chi connectivity index (χ3v) is 5.11. The molecule has 0 aliphatic heterocycles. The third-order valence-electron chi connectivity index (χ3n) is 4.14. The van der Waals surface area contributed by atoms with Gasteiger partial charge < -0.3 is 20.1 Å². The molecule has 0 aliphatic carbocycles. The van der Waals surface area contributed by atoms with Crippen LogP contribution in [0.2, 0.25) is 0 Å². The SMILES string of the molecule is CCOc1ccc(Oc2cc(CNC(=NC)NCCc3ncc(C)s3)ccn2)cc1. The molecule has 0 saturated carbocycles. The third kappa shape index (κ3) is 6.73. The molecule has 3 rings (SSSR count). The zero-order valence-electron chi connectivity index (χ0n) is 17.5. The van der Waals surface area contributed by atoms with Crippen LogP contribution in [-0.4, -0.2) is 36.1 Å². The summed E-state index contributed by atoms with van der Waals surface area (Å²) in [5.74, 6) is 2.82. The first-order valence-electron chi connectivity index (χ1n) is 9.87. The highest BCUT2D eigenvalue weighted by molar-refractivity contribution is 7.11. The second kappa shape index (κ2) is 11.2. The van der Waals surface area contributed by atoms with Crippen molar-refractivity contribution >= 4 is 17.3 Å². The van der Waals surface area contributed by atoms with E-state index in [0.717, 1.165) is 35.2 Å². The van der Waals surface area contributed by atoms with Crippen LogP contribution in [0.1, 0.15) is 22.4 Å². The molecule has 0 amide bonds. The fourth-order valence-corrected chi connectivity index (χ4v) is 3.51. The molecule has 0 atom stereocenters. The summed E-state index contributed by atoms with van der Waals surface area (Å²) in [5, 5.41) is 7.75. The van der Waals surface area contributed by atoms with Crippen molar-refractivity contribution in [3.63, 3.8) is 0 Å². The lowest BCUT2D eigenvalue weighted by Gasteiger charge is -2.12. The van der Waals surface area contributed by atoms with Gasteiger partial charge in [0.05, 0.1) is 11.6 Å². The maximum atomic E-state index is 5.86. The molecule has 0 saturated heterocycles. The van der Waals surface area contributed by atoms with Crippen molar-refractivity contribution in [2.24, 2.45) is 4.99 Å². The molecule has 30 heavy (non-hydrogen) atoms. The van der Waals surface area contributed by atoms with Crippen molar-refractivity contribution in [1.82, 2.24) is 20.6 Å². The largest absolute Gasteiger partial charge is 0.494 e. The van der Waals surface area contributed by atoms with Crippen LogP contribution < -0.4 is 20.1 Å². The van der Waals surface area contributed by atoms with E-state index in [-0.39, 0.29) is 0 Å². The molecular weight excluding hydrogens is 398 g/mol. The van der Waals surface area contributed by atoms with Gasteiger partial charge in [-0.05, 0) is 49.7 Å². The Morgan fingerprint density at radius 2 is 1.90 bits per heavy atom. The molecule has 2 aromatic heterocycles. The molecular formula is C22H27N5O2S. The number of aliphatic imine (C=N–C) groups is 1. The molecule has 0 bridgehead atoms. The van der Waals surface area contributed by atoms with Crippen LogP contribution in [-0.2, 0) is 13.0 Å². The molecule has 1 aromatic carbocycles. The summed E-state index contributed by atoms with van der Waals surface area (Å²) in [6, 6.07) is 11.4. The number of nitrogens with zero attached hydrogens (tertiary/aromatic N) is 3. The summed E-state index contributed by atoms with van der Waals surface area (Å²) in [4.78, 5) is 14.2. The van der Waals surface area contributed by atoms with Crippen LogP contribution in [0, 0.1) is 6.92 Å². The van der Waals surface area contributed by atoms with Crippen molar-refractivity contribution in [3.8, 4) is 17.4 Å². The van der Waals surface area contributed by atoms with Gasteiger partial charge in [-0.25, -0.2) is 9.97 Å². The standard InChI is InChI=1S/C22H27N5O2S/c1-4-28-18-5-7-19(8-6-18)29-20-13-17(9-11-24-20)15-27-22(23-3)25-12-10-21-26-14-16(2)30-21/h5-9,11,13-14H,4,10,12,15H2,1-3H3,(H2,23,25,27). The summed E-state index contributed by atoms with van der Waals surface area (Å²) < 4.78 is 11.3. The highest BCUT2D eigenvalue weighted by atomic mass is 32.1.